The summed E-state index contributed by atoms with van der Waals surface area (Å²) in [7, 11) is 0. The van der Waals surface area contributed by atoms with E-state index >= 15 is 0 Å². The van der Waals surface area contributed by atoms with E-state index < -0.39 is 5.91 Å². The summed E-state index contributed by atoms with van der Waals surface area (Å²) in [5, 5.41) is 23.6. The summed E-state index contributed by atoms with van der Waals surface area (Å²) < 4.78 is 5.15. The van der Waals surface area contributed by atoms with E-state index in [1.54, 1.807) is 53.4 Å². The SMILES string of the molecule is N#C/C(=C/N1CCN(C(=O)c2ccco2)CC1)C(=O)Nc1cccc2c(O)cccc12. The molecule has 0 radical (unpaired) electrons. The van der Waals surface area contributed by atoms with Crippen molar-refractivity contribution >= 4 is 28.3 Å². The van der Waals surface area contributed by atoms with Crippen LogP contribution in [0.4, 0.5) is 5.69 Å². The third kappa shape index (κ3) is 4.21. The van der Waals surface area contributed by atoms with E-state index in [9.17, 15) is 20.0 Å². The number of benzene rings is 2. The molecule has 2 heterocycles. The Balaban J connectivity index is 1.44. The number of aromatic hydroxyl groups is 1. The number of nitrogens with one attached hydrogen (secondary N) is 1. The number of fused-ring (bicyclic) bond motifs is 1. The lowest BCUT2D eigenvalue weighted by Gasteiger charge is -2.33. The highest BCUT2D eigenvalue weighted by Gasteiger charge is 2.23. The van der Waals surface area contributed by atoms with E-state index in [-0.39, 0.29) is 17.2 Å². The molecule has 0 unspecified atom stereocenters. The fourth-order valence-electron chi connectivity index (χ4n) is 3.52. The molecule has 1 aliphatic rings. The van der Waals surface area contributed by atoms with Gasteiger partial charge in [-0.15, -0.1) is 0 Å². The molecule has 2 N–H and O–H groups in total. The Hall–Kier alpha value is -4.25. The van der Waals surface area contributed by atoms with Gasteiger partial charge in [-0.25, -0.2) is 0 Å². The fraction of sp³-hybridized carbons (Fsp3) is 0.174. The van der Waals surface area contributed by atoms with E-state index in [2.05, 4.69) is 5.32 Å². The van der Waals surface area contributed by atoms with Crippen LogP contribution in [-0.2, 0) is 4.79 Å². The maximum absolute atomic E-state index is 12.7. The Labute approximate surface area is 178 Å². The predicted octanol–water partition coefficient (Wildman–Crippen LogP) is 2.94. The molecular weight excluding hydrogens is 396 g/mol. The highest BCUT2D eigenvalue weighted by Crippen LogP contribution is 2.30. The number of nitrogens with zero attached hydrogens (tertiary/aromatic N) is 3. The number of carbonyl (C=O) groups is 2. The number of phenols is 1. The van der Waals surface area contributed by atoms with Crippen LogP contribution in [0.3, 0.4) is 0 Å². The van der Waals surface area contributed by atoms with Gasteiger partial charge in [0.2, 0.25) is 0 Å². The van der Waals surface area contributed by atoms with Gasteiger partial charge in [0.25, 0.3) is 11.8 Å². The van der Waals surface area contributed by atoms with E-state index in [0.717, 1.165) is 0 Å². The highest BCUT2D eigenvalue weighted by atomic mass is 16.3. The maximum Gasteiger partial charge on any atom is 0.289 e. The van der Waals surface area contributed by atoms with Gasteiger partial charge in [0.15, 0.2) is 5.76 Å². The second kappa shape index (κ2) is 8.63. The zero-order valence-electron chi connectivity index (χ0n) is 16.6. The molecule has 1 fully saturated rings. The first-order valence-electron chi connectivity index (χ1n) is 9.77. The summed E-state index contributed by atoms with van der Waals surface area (Å²) in [6.45, 7) is 1.90. The van der Waals surface area contributed by atoms with E-state index in [4.69, 9.17) is 4.42 Å². The second-order valence-electron chi connectivity index (χ2n) is 7.09. The Bertz CT molecular complexity index is 1190. The number of anilines is 1. The van der Waals surface area contributed by atoms with Gasteiger partial charge in [0.05, 0.1) is 6.26 Å². The minimum absolute atomic E-state index is 0.0389. The summed E-state index contributed by atoms with van der Waals surface area (Å²) in [5.74, 6) is -0.299. The topological polar surface area (TPSA) is 110 Å². The summed E-state index contributed by atoms with van der Waals surface area (Å²) in [6.07, 6.45) is 2.98. The number of hydrogen-bond donors (Lipinski definition) is 2. The van der Waals surface area contributed by atoms with Crippen molar-refractivity contribution in [3.05, 3.63) is 72.3 Å². The molecule has 0 aliphatic carbocycles. The third-order valence-corrected chi connectivity index (χ3v) is 5.16. The van der Waals surface area contributed by atoms with Crippen LogP contribution in [0.1, 0.15) is 10.6 Å². The average molecular weight is 416 g/mol. The quantitative estimate of drug-likeness (QED) is 0.500. The van der Waals surface area contributed by atoms with Crippen LogP contribution in [0.15, 0.2) is 71.0 Å². The molecule has 8 heteroatoms. The summed E-state index contributed by atoms with van der Waals surface area (Å²) in [4.78, 5) is 28.6. The third-order valence-electron chi connectivity index (χ3n) is 5.16. The number of furan rings is 1. The number of hydrogen-bond acceptors (Lipinski definition) is 6. The van der Waals surface area contributed by atoms with Gasteiger partial charge in [-0.2, -0.15) is 5.26 Å². The lowest BCUT2D eigenvalue weighted by molar-refractivity contribution is -0.112. The zero-order valence-corrected chi connectivity index (χ0v) is 16.6. The van der Waals surface area contributed by atoms with Gasteiger partial charge < -0.3 is 24.6 Å². The molecular formula is C23H20N4O4. The number of piperazine rings is 1. The van der Waals surface area contributed by atoms with Gasteiger partial charge in [-0.05, 0) is 24.3 Å². The Morgan fingerprint density at radius 1 is 1.03 bits per heavy atom. The fourth-order valence-corrected chi connectivity index (χ4v) is 3.52. The Morgan fingerprint density at radius 2 is 1.77 bits per heavy atom. The van der Waals surface area contributed by atoms with Gasteiger partial charge in [0.1, 0.15) is 17.4 Å². The van der Waals surface area contributed by atoms with Crippen molar-refractivity contribution in [3.63, 3.8) is 0 Å². The van der Waals surface area contributed by atoms with Crippen molar-refractivity contribution in [2.24, 2.45) is 0 Å². The molecule has 1 saturated heterocycles. The zero-order chi connectivity index (χ0) is 21.8. The lowest BCUT2D eigenvalue weighted by atomic mass is 10.1. The molecule has 2 amide bonds. The number of phenolic OH excluding ortho intramolecular Hbond substituents is 1. The molecule has 4 rings (SSSR count). The minimum Gasteiger partial charge on any atom is -0.507 e. The van der Waals surface area contributed by atoms with Crippen molar-refractivity contribution in [3.8, 4) is 11.8 Å². The summed E-state index contributed by atoms with van der Waals surface area (Å²) >= 11 is 0. The molecule has 8 nitrogen and oxygen atoms in total. The Kier molecular flexibility index (Phi) is 5.58. The second-order valence-corrected chi connectivity index (χ2v) is 7.09. The molecule has 1 aliphatic heterocycles. The normalized spacial score (nSPS) is 14.4. The number of carbonyl (C=O) groups excluding carboxylic acids is 2. The van der Waals surface area contributed by atoms with E-state index in [0.29, 0.717) is 48.4 Å². The van der Waals surface area contributed by atoms with Crippen LogP contribution >= 0.6 is 0 Å². The van der Waals surface area contributed by atoms with Crippen molar-refractivity contribution in [1.82, 2.24) is 9.80 Å². The van der Waals surface area contributed by atoms with Crippen LogP contribution in [-0.4, -0.2) is 52.9 Å². The first kappa shape index (κ1) is 20.0. The molecule has 0 spiro atoms. The first-order valence-corrected chi connectivity index (χ1v) is 9.77. The van der Waals surface area contributed by atoms with E-state index in [1.807, 2.05) is 11.0 Å². The van der Waals surface area contributed by atoms with Crippen molar-refractivity contribution in [2.75, 3.05) is 31.5 Å². The molecule has 156 valence electrons. The predicted molar refractivity (Wildman–Crippen MR) is 114 cm³/mol. The van der Waals surface area contributed by atoms with Crippen molar-refractivity contribution in [1.29, 1.82) is 5.26 Å². The molecule has 1 aromatic heterocycles. The van der Waals surface area contributed by atoms with Gasteiger partial charge >= 0.3 is 0 Å². The highest BCUT2D eigenvalue weighted by molar-refractivity contribution is 6.11. The molecule has 3 aromatic rings. The molecule has 31 heavy (non-hydrogen) atoms. The average Bonchev–Trinajstić information content (AvgIpc) is 3.33. The van der Waals surface area contributed by atoms with Crippen LogP contribution in [0, 0.1) is 11.3 Å². The van der Waals surface area contributed by atoms with Crippen LogP contribution in [0.25, 0.3) is 10.8 Å². The van der Waals surface area contributed by atoms with Crippen LogP contribution < -0.4 is 5.32 Å². The smallest absolute Gasteiger partial charge is 0.289 e. The van der Waals surface area contributed by atoms with E-state index in [1.165, 1.54) is 12.5 Å². The minimum atomic E-state index is -0.535. The van der Waals surface area contributed by atoms with Gasteiger partial charge in [-0.3, -0.25) is 9.59 Å². The monoisotopic (exact) mass is 416 g/mol. The molecule has 0 bridgehead atoms. The molecule has 2 aromatic carbocycles. The molecule has 0 atom stereocenters. The number of nitriles is 1. The number of amides is 2. The lowest BCUT2D eigenvalue weighted by Crippen LogP contribution is -2.47. The van der Waals surface area contributed by atoms with Crippen molar-refractivity contribution < 1.29 is 19.1 Å². The Morgan fingerprint density at radius 3 is 2.48 bits per heavy atom. The summed E-state index contributed by atoms with van der Waals surface area (Å²) in [5.41, 5.74) is 0.469. The number of rotatable bonds is 4. The van der Waals surface area contributed by atoms with Crippen molar-refractivity contribution in [2.45, 2.75) is 0 Å². The van der Waals surface area contributed by atoms with Crippen LogP contribution in [0.2, 0.25) is 0 Å². The molecule has 0 saturated carbocycles. The first-order chi connectivity index (χ1) is 15.1. The summed E-state index contributed by atoms with van der Waals surface area (Å²) in [6, 6.07) is 15.5. The van der Waals surface area contributed by atoms with Gasteiger partial charge in [-0.1, -0.05) is 24.3 Å². The largest absolute Gasteiger partial charge is 0.507 e. The maximum atomic E-state index is 12.7. The standard InChI is InChI=1S/C23H20N4O4/c24-14-16(15-26-9-11-27(12-10-26)23(30)21-8-3-13-31-21)22(29)25-19-6-1-5-18-17(19)4-2-7-20(18)28/h1-8,13,15,28H,9-12H2,(H,25,29)/b16-15-. The van der Waals surface area contributed by atoms with Crippen LogP contribution in [0.5, 0.6) is 5.75 Å². The van der Waals surface area contributed by atoms with Gasteiger partial charge in [0, 0.05) is 48.8 Å².